The van der Waals surface area contributed by atoms with Crippen molar-refractivity contribution in [2.24, 2.45) is 0 Å². The zero-order chi connectivity index (χ0) is 19.6. The minimum absolute atomic E-state index is 0.0391. The van der Waals surface area contributed by atoms with Crippen LogP contribution in [0.3, 0.4) is 0 Å². The van der Waals surface area contributed by atoms with Crippen LogP contribution < -0.4 is 10.0 Å². The molecular weight excluding hydrogens is 436 g/mol. The van der Waals surface area contributed by atoms with Crippen LogP contribution in [0.25, 0.3) is 0 Å². The number of anilines is 1. The molecule has 0 bridgehead atoms. The third-order valence-electron chi connectivity index (χ3n) is 3.87. The number of thioether (sulfide) groups is 1. The monoisotopic (exact) mass is 452 g/mol. The third-order valence-corrected chi connectivity index (χ3v) is 8.49. The van der Waals surface area contributed by atoms with Crippen LogP contribution in [0.4, 0.5) is 5.13 Å². The van der Waals surface area contributed by atoms with Crippen molar-refractivity contribution in [1.29, 1.82) is 0 Å². The molecule has 2 heterocycles. The minimum atomic E-state index is -3.52. The van der Waals surface area contributed by atoms with Gasteiger partial charge in [0.2, 0.25) is 15.2 Å². The van der Waals surface area contributed by atoms with E-state index < -0.39 is 10.0 Å². The van der Waals surface area contributed by atoms with E-state index in [0.717, 1.165) is 22.9 Å². The molecule has 28 heavy (non-hydrogen) atoms. The van der Waals surface area contributed by atoms with E-state index in [1.807, 2.05) is 11.4 Å². The van der Waals surface area contributed by atoms with Gasteiger partial charge in [0.1, 0.15) is 0 Å². The fraction of sp³-hybridized carbons (Fsp3) is 0.235. The van der Waals surface area contributed by atoms with Gasteiger partial charge in [0.05, 0.1) is 4.90 Å². The van der Waals surface area contributed by atoms with E-state index in [0.29, 0.717) is 10.7 Å². The summed E-state index contributed by atoms with van der Waals surface area (Å²) in [5.74, 6) is 0.454. The Morgan fingerprint density at radius 2 is 1.96 bits per heavy atom. The lowest BCUT2D eigenvalue weighted by Gasteiger charge is -2.06. The van der Waals surface area contributed by atoms with Gasteiger partial charge in [0.25, 0.3) is 5.91 Å². The maximum atomic E-state index is 12.4. The molecule has 1 aliphatic rings. The predicted molar refractivity (Wildman–Crippen MR) is 112 cm³/mol. The van der Waals surface area contributed by atoms with E-state index in [1.54, 1.807) is 23.1 Å². The molecule has 146 valence electrons. The van der Waals surface area contributed by atoms with Crippen LogP contribution in [0.15, 0.2) is 51.0 Å². The first kappa shape index (κ1) is 19.5. The summed E-state index contributed by atoms with van der Waals surface area (Å²) in [7, 11) is -3.52. The third kappa shape index (κ3) is 4.97. The van der Waals surface area contributed by atoms with Crippen LogP contribution >= 0.6 is 34.4 Å². The Bertz CT molecular complexity index is 1060. The topological polar surface area (TPSA) is 101 Å². The molecule has 0 saturated heterocycles. The van der Waals surface area contributed by atoms with Gasteiger partial charge in [0, 0.05) is 22.2 Å². The predicted octanol–water partition coefficient (Wildman–Crippen LogP) is 3.58. The maximum Gasteiger partial charge on any atom is 0.257 e. The summed E-state index contributed by atoms with van der Waals surface area (Å²) in [4.78, 5) is 13.8. The van der Waals surface area contributed by atoms with Crippen LogP contribution in [0, 0.1) is 0 Å². The summed E-state index contributed by atoms with van der Waals surface area (Å²) in [5.41, 5.74) is 0.355. The molecule has 0 atom stereocenters. The first-order valence-electron chi connectivity index (χ1n) is 8.42. The minimum Gasteiger partial charge on any atom is -0.296 e. The number of benzene rings is 1. The second kappa shape index (κ2) is 8.29. The Balaban J connectivity index is 1.35. The second-order valence-electron chi connectivity index (χ2n) is 6.12. The number of sulfonamides is 1. The van der Waals surface area contributed by atoms with Crippen molar-refractivity contribution in [3.05, 3.63) is 52.2 Å². The molecule has 3 aromatic rings. The van der Waals surface area contributed by atoms with Crippen molar-refractivity contribution in [3.63, 3.8) is 0 Å². The van der Waals surface area contributed by atoms with Crippen molar-refractivity contribution >= 4 is 55.5 Å². The number of carbonyl (C=O) groups is 1. The molecule has 7 nitrogen and oxygen atoms in total. The Labute approximate surface area is 174 Å². The Kier molecular flexibility index (Phi) is 5.78. The van der Waals surface area contributed by atoms with Crippen molar-refractivity contribution in [2.75, 3.05) is 5.32 Å². The van der Waals surface area contributed by atoms with Gasteiger partial charge >= 0.3 is 0 Å². The maximum absolute atomic E-state index is 12.4. The van der Waals surface area contributed by atoms with Gasteiger partial charge in [0.15, 0.2) is 4.34 Å². The first-order valence-corrected chi connectivity index (χ1v) is 12.6. The SMILES string of the molecule is O=C(Nc1nnc(SCc2cccs2)s1)c1ccc(S(=O)(=O)NC2CC2)cc1. The lowest BCUT2D eigenvalue weighted by Crippen LogP contribution is -2.25. The number of carbonyl (C=O) groups excluding carboxylic acids is 1. The molecule has 2 N–H and O–H groups in total. The van der Waals surface area contributed by atoms with Crippen LogP contribution in [-0.2, 0) is 15.8 Å². The summed E-state index contributed by atoms with van der Waals surface area (Å²) in [6.45, 7) is 0. The van der Waals surface area contributed by atoms with E-state index in [2.05, 4.69) is 26.3 Å². The van der Waals surface area contributed by atoms with Gasteiger partial charge in [-0.05, 0) is 48.6 Å². The Morgan fingerprint density at radius 3 is 2.64 bits per heavy atom. The molecule has 0 aliphatic heterocycles. The molecule has 0 unspecified atom stereocenters. The largest absolute Gasteiger partial charge is 0.296 e. The number of amides is 1. The van der Waals surface area contributed by atoms with Gasteiger partial charge in [-0.25, -0.2) is 13.1 Å². The highest BCUT2D eigenvalue weighted by atomic mass is 32.2. The average molecular weight is 453 g/mol. The highest BCUT2D eigenvalue weighted by Crippen LogP contribution is 2.29. The van der Waals surface area contributed by atoms with E-state index in [4.69, 9.17) is 0 Å². The Hall–Kier alpha value is -1.79. The molecule has 2 aromatic heterocycles. The highest BCUT2D eigenvalue weighted by molar-refractivity contribution is 8.00. The van der Waals surface area contributed by atoms with Crippen LogP contribution in [0.2, 0.25) is 0 Å². The summed E-state index contributed by atoms with van der Waals surface area (Å²) < 4.78 is 27.7. The van der Waals surface area contributed by atoms with Crippen molar-refractivity contribution in [2.45, 2.75) is 33.9 Å². The number of hydrogen-bond acceptors (Lipinski definition) is 8. The number of aromatic nitrogens is 2. The van der Waals surface area contributed by atoms with Crippen LogP contribution in [-0.4, -0.2) is 30.6 Å². The zero-order valence-electron chi connectivity index (χ0n) is 14.5. The summed E-state index contributed by atoms with van der Waals surface area (Å²) in [6, 6.07) is 9.95. The van der Waals surface area contributed by atoms with Crippen molar-refractivity contribution in [1.82, 2.24) is 14.9 Å². The highest BCUT2D eigenvalue weighted by Gasteiger charge is 2.28. The van der Waals surface area contributed by atoms with E-state index in [9.17, 15) is 13.2 Å². The van der Waals surface area contributed by atoms with Gasteiger partial charge in [-0.1, -0.05) is 29.2 Å². The number of thiophene rings is 1. The van der Waals surface area contributed by atoms with Gasteiger partial charge in [-0.3, -0.25) is 10.1 Å². The molecular formula is C17H16N4O3S4. The molecule has 0 radical (unpaired) electrons. The van der Waals surface area contributed by atoms with E-state index in [-0.39, 0.29) is 16.8 Å². The average Bonchev–Trinajstić information content (AvgIpc) is 3.15. The second-order valence-corrected chi connectivity index (χ2v) is 11.1. The number of nitrogens with one attached hydrogen (secondary N) is 2. The fourth-order valence-corrected chi connectivity index (χ4v) is 6.11. The molecule has 1 aromatic carbocycles. The molecule has 1 aliphatic carbocycles. The molecule has 0 spiro atoms. The van der Waals surface area contributed by atoms with Gasteiger partial charge < -0.3 is 0 Å². The molecule has 4 rings (SSSR count). The first-order chi connectivity index (χ1) is 13.5. The fourth-order valence-electron chi connectivity index (χ4n) is 2.29. The molecule has 11 heteroatoms. The van der Waals surface area contributed by atoms with Crippen LogP contribution in [0.1, 0.15) is 28.1 Å². The number of rotatable bonds is 8. The van der Waals surface area contributed by atoms with Gasteiger partial charge in [-0.15, -0.1) is 21.5 Å². The zero-order valence-corrected chi connectivity index (χ0v) is 17.8. The van der Waals surface area contributed by atoms with Crippen molar-refractivity contribution in [3.8, 4) is 0 Å². The summed E-state index contributed by atoms with van der Waals surface area (Å²) >= 11 is 4.56. The molecule has 1 saturated carbocycles. The Morgan fingerprint density at radius 1 is 1.18 bits per heavy atom. The lowest BCUT2D eigenvalue weighted by atomic mass is 10.2. The number of nitrogens with zero attached hydrogens (tertiary/aromatic N) is 2. The lowest BCUT2D eigenvalue weighted by molar-refractivity contribution is 0.102. The summed E-state index contributed by atoms with van der Waals surface area (Å²) in [6.07, 6.45) is 1.74. The van der Waals surface area contributed by atoms with Gasteiger partial charge in [-0.2, -0.15) is 0 Å². The quantitative estimate of drug-likeness (QED) is 0.400. The molecule has 1 fully saturated rings. The van der Waals surface area contributed by atoms with E-state index in [1.165, 1.54) is 40.5 Å². The normalized spacial score (nSPS) is 14.1. The smallest absolute Gasteiger partial charge is 0.257 e. The molecule has 1 amide bonds. The van der Waals surface area contributed by atoms with E-state index >= 15 is 0 Å². The van der Waals surface area contributed by atoms with Crippen LogP contribution in [0.5, 0.6) is 0 Å². The standard InChI is InChI=1S/C17H16N4O3S4/c22-15(11-3-7-14(8-4-11)28(23,24)21-12-5-6-12)18-16-19-20-17(27-16)26-10-13-2-1-9-25-13/h1-4,7-9,12,21H,5-6,10H2,(H,18,19,22). The summed E-state index contributed by atoms with van der Waals surface area (Å²) in [5, 5.41) is 13.2. The number of hydrogen-bond donors (Lipinski definition) is 2. The van der Waals surface area contributed by atoms with Crippen molar-refractivity contribution < 1.29 is 13.2 Å².